The van der Waals surface area contributed by atoms with Crippen LogP contribution in [-0.2, 0) is 0 Å². The molecule has 0 aliphatic heterocycles. The quantitative estimate of drug-likeness (QED) is 0.771. The minimum Gasteiger partial charge on any atom is -0.434 e. The predicted octanol–water partition coefficient (Wildman–Crippen LogP) is 2.99. The molecule has 5 heteroatoms. The van der Waals surface area contributed by atoms with Gasteiger partial charge in [-0.2, -0.15) is 8.78 Å². The van der Waals surface area contributed by atoms with Gasteiger partial charge in [0.25, 0.3) is 0 Å². The summed E-state index contributed by atoms with van der Waals surface area (Å²) in [6.45, 7) is -2.96. The Balaban J connectivity index is 2.82. The first-order valence-electron chi connectivity index (χ1n) is 2.91. The van der Waals surface area contributed by atoms with Crippen LogP contribution in [0.15, 0.2) is 16.6 Å². The largest absolute Gasteiger partial charge is 0.434 e. The minimum atomic E-state index is -2.96. The van der Waals surface area contributed by atoms with Crippen molar-refractivity contribution in [1.82, 2.24) is 0 Å². The lowest BCUT2D eigenvalue weighted by atomic mass is 10.3. The van der Waals surface area contributed by atoms with Gasteiger partial charge in [-0.3, -0.25) is 0 Å². The standard InChI is InChI=1S/C7H3BrF3O/c8-5-2-1-4(3-6(5)9)12-7(10)11/h1-2,7H. The van der Waals surface area contributed by atoms with Crippen LogP contribution in [0.1, 0.15) is 0 Å². The fourth-order valence-electron chi connectivity index (χ4n) is 0.596. The summed E-state index contributed by atoms with van der Waals surface area (Å²) in [4.78, 5) is 0. The summed E-state index contributed by atoms with van der Waals surface area (Å²) < 4.78 is 39.8. The van der Waals surface area contributed by atoms with E-state index in [1.165, 1.54) is 12.1 Å². The average Bonchev–Trinajstić information content (AvgIpc) is 1.96. The van der Waals surface area contributed by atoms with Gasteiger partial charge >= 0.3 is 6.61 Å². The van der Waals surface area contributed by atoms with Gasteiger partial charge in [-0.25, -0.2) is 4.39 Å². The molecule has 1 rings (SSSR count). The number of hydrogen-bond donors (Lipinski definition) is 0. The molecule has 1 aromatic carbocycles. The second kappa shape index (κ2) is 3.80. The molecule has 0 saturated heterocycles. The van der Waals surface area contributed by atoms with E-state index in [1.807, 2.05) is 6.07 Å². The Morgan fingerprint density at radius 1 is 1.42 bits per heavy atom. The smallest absolute Gasteiger partial charge is 0.387 e. The van der Waals surface area contributed by atoms with Crippen molar-refractivity contribution in [1.29, 1.82) is 0 Å². The fourth-order valence-corrected chi connectivity index (χ4v) is 0.828. The van der Waals surface area contributed by atoms with Crippen molar-refractivity contribution in [3.05, 3.63) is 28.5 Å². The number of alkyl halides is 2. The zero-order valence-electron chi connectivity index (χ0n) is 5.65. The Morgan fingerprint density at radius 3 is 2.58 bits per heavy atom. The molecule has 12 heavy (non-hydrogen) atoms. The monoisotopic (exact) mass is 239 g/mol. The number of hydrogen-bond acceptors (Lipinski definition) is 1. The topological polar surface area (TPSA) is 9.23 Å². The Labute approximate surface area is 75.3 Å². The van der Waals surface area contributed by atoms with Gasteiger partial charge in [0.15, 0.2) is 0 Å². The Bertz CT molecular complexity index is 277. The first kappa shape index (κ1) is 9.38. The summed E-state index contributed by atoms with van der Waals surface area (Å²) in [5, 5.41) is 0. The molecule has 0 unspecified atom stereocenters. The number of benzene rings is 1. The molecule has 0 N–H and O–H groups in total. The first-order valence-corrected chi connectivity index (χ1v) is 3.71. The second-order valence-electron chi connectivity index (χ2n) is 1.86. The highest BCUT2D eigenvalue weighted by atomic mass is 79.9. The molecule has 0 bridgehead atoms. The summed E-state index contributed by atoms with van der Waals surface area (Å²) in [6.07, 6.45) is 0. The van der Waals surface area contributed by atoms with Gasteiger partial charge in [0, 0.05) is 0 Å². The molecule has 1 aromatic rings. The van der Waals surface area contributed by atoms with E-state index in [4.69, 9.17) is 0 Å². The molecular formula is C7H3BrF3O. The lowest BCUT2D eigenvalue weighted by Crippen LogP contribution is -2.02. The van der Waals surface area contributed by atoms with E-state index >= 15 is 0 Å². The van der Waals surface area contributed by atoms with Crippen LogP contribution < -0.4 is 4.74 Å². The molecule has 65 valence electrons. The van der Waals surface area contributed by atoms with E-state index in [2.05, 4.69) is 20.7 Å². The minimum absolute atomic E-state index is 0.157. The lowest BCUT2D eigenvalue weighted by Gasteiger charge is -2.03. The Morgan fingerprint density at radius 2 is 2.08 bits per heavy atom. The van der Waals surface area contributed by atoms with E-state index in [0.29, 0.717) is 0 Å². The summed E-state index contributed by atoms with van der Waals surface area (Å²) in [5.41, 5.74) is 0. The lowest BCUT2D eigenvalue weighted by molar-refractivity contribution is -0.0501. The van der Waals surface area contributed by atoms with Crippen LogP contribution in [0.4, 0.5) is 13.2 Å². The normalized spacial score (nSPS) is 10.4. The van der Waals surface area contributed by atoms with E-state index in [0.717, 1.165) is 0 Å². The van der Waals surface area contributed by atoms with Crippen LogP contribution in [0.3, 0.4) is 0 Å². The van der Waals surface area contributed by atoms with Gasteiger partial charge in [-0.05, 0) is 28.1 Å². The van der Waals surface area contributed by atoms with Crippen molar-refractivity contribution in [2.45, 2.75) is 6.61 Å². The van der Waals surface area contributed by atoms with E-state index in [-0.39, 0.29) is 10.2 Å². The van der Waals surface area contributed by atoms with Gasteiger partial charge in [0.05, 0.1) is 10.5 Å². The molecule has 0 aromatic heterocycles. The van der Waals surface area contributed by atoms with Crippen molar-refractivity contribution in [2.75, 3.05) is 0 Å². The molecule has 0 aliphatic carbocycles. The SMILES string of the molecule is Fc1[c]c(OC(F)F)ccc1Br. The van der Waals surface area contributed by atoms with Crippen molar-refractivity contribution >= 4 is 15.9 Å². The van der Waals surface area contributed by atoms with Crippen LogP contribution in [0.2, 0.25) is 0 Å². The van der Waals surface area contributed by atoms with Crippen molar-refractivity contribution in [3.63, 3.8) is 0 Å². The first-order chi connectivity index (χ1) is 5.59. The highest BCUT2D eigenvalue weighted by Crippen LogP contribution is 2.21. The van der Waals surface area contributed by atoms with Gasteiger partial charge in [0.1, 0.15) is 11.6 Å². The zero-order chi connectivity index (χ0) is 9.14. The molecule has 0 amide bonds. The molecule has 0 aliphatic rings. The number of ether oxygens (including phenoxy) is 1. The maximum Gasteiger partial charge on any atom is 0.387 e. The van der Waals surface area contributed by atoms with Crippen LogP contribution in [0, 0.1) is 11.9 Å². The fraction of sp³-hybridized carbons (Fsp3) is 0.143. The van der Waals surface area contributed by atoms with Crippen LogP contribution in [0.5, 0.6) is 5.75 Å². The molecule has 0 heterocycles. The van der Waals surface area contributed by atoms with Crippen molar-refractivity contribution in [3.8, 4) is 5.75 Å². The molecule has 1 nitrogen and oxygen atoms in total. The summed E-state index contributed by atoms with van der Waals surface area (Å²) >= 11 is 2.85. The van der Waals surface area contributed by atoms with Crippen molar-refractivity contribution in [2.24, 2.45) is 0 Å². The zero-order valence-corrected chi connectivity index (χ0v) is 7.24. The maximum atomic E-state index is 12.6. The second-order valence-corrected chi connectivity index (χ2v) is 2.72. The third-order valence-electron chi connectivity index (χ3n) is 1.04. The third kappa shape index (κ3) is 2.41. The Kier molecular flexibility index (Phi) is 2.97. The Hall–Kier alpha value is -0.710. The van der Waals surface area contributed by atoms with E-state index in [9.17, 15) is 13.2 Å². The summed E-state index contributed by atoms with van der Waals surface area (Å²) in [6, 6.07) is 4.45. The predicted molar refractivity (Wildman–Crippen MR) is 39.6 cm³/mol. The van der Waals surface area contributed by atoms with Gasteiger partial charge in [-0.1, -0.05) is 0 Å². The van der Waals surface area contributed by atoms with Crippen LogP contribution >= 0.6 is 15.9 Å². The highest BCUT2D eigenvalue weighted by molar-refractivity contribution is 9.10. The molecule has 0 fully saturated rings. The molecular weight excluding hydrogens is 237 g/mol. The summed E-state index contributed by atoms with van der Waals surface area (Å²) in [5.74, 6) is -1.07. The maximum absolute atomic E-state index is 12.6. The highest BCUT2D eigenvalue weighted by Gasteiger charge is 2.06. The van der Waals surface area contributed by atoms with E-state index < -0.39 is 12.4 Å². The van der Waals surface area contributed by atoms with Gasteiger partial charge < -0.3 is 4.74 Å². The van der Waals surface area contributed by atoms with Crippen LogP contribution in [-0.4, -0.2) is 6.61 Å². The van der Waals surface area contributed by atoms with Crippen LogP contribution in [0.25, 0.3) is 0 Å². The molecule has 0 saturated carbocycles. The number of rotatable bonds is 2. The van der Waals surface area contributed by atoms with E-state index in [1.54, 1.807) is 0 Å². The van der Waals surface area contributed by atoms with Crippen molar-refractivity contribution < 1.29 is 17.9 Å². The average molecular weight is 240 g/mol. The van der Waals surface area contributed by atoms with Gasteiger partial charge in [0.2, 0.25) is 0 Å². The third-order valence-corrected chi connectivity index (χ3v) is 1.65. The molecule has 1 radical (unpaired) electrons. The molecule has 0 atom stereocenters. The summed E-state index contributed by atoms with van der Waals surface area (Å²) in [7, 11) is 0. The van der Waals surface area contributed by atoms with Gasteiger partial charge in [-0.15, -0.1) is 0 Å². The molecule has 0 spiro atoms. The number of halogens is 4.